The van der Waals surface area contributed by atoms with E-state index in [-0.39, 0.29) is 6.61 Å². The predicted molar refractivity (Wildman–Crippen MR) is 94.7 cm³/mol. The zero-order valence-electron chi connectivity index (χ0n) is 14.7. The minimum atomic E-state index is -4.61. The number of rotatable bonds is 5. The molecule has 3 rings (SSSR count). The number of hydrogen-bond acceptors (Lipinski definition) is 3. The number of carbonyl (C=O) groups excluding carboxylic acids is 1. The van der Waals surface area contributed by atoms with Crippen LogP contribution in [0.25, 0.3) is 11.3 Å². The fourth-order valence-corrected chi connectivity index (χ4v) is 3.33. The van der Waals surface area contributed by atoms with Crippen LogP contribution in [0.3, 0.4) is 0 Å². The first kappa shape index (κ1) is 19.5. The zero-order chi connectivity index (χ0) is 19.8. The number of ether oxygens (including phenoxy) is 1. The van der Waals surface area contributed by atoms with Gasteiger partial charge in [0, 0.05) is 5.56 Å². The van der Waals surface area contributed by atoms with Crippen LogP contribution >= 0.6 is 11.6 Å². The molecular formula is C20H18ClF3O3. The first-order valence-electron chi connectivity index (χ1n) is 8.34. The molecule has 7 heteroatoms. The monoisotopic (exact) mass is 398 g/mol. The molecule has 1 aromatic carbocycles. The molecule has 3 nitrogen and oxygen atoms in total. The summed E-state index contributed by atoms with van der Waals surface area (Å²) in [5.74, 6) is -1.09. The van der Waals surface area contributed by atoms with E-state index in [2.05, 4.69) is 0 Å². The molecule has 0 N–H and O–H groups in total. The Hall–Kier alpha value is -2.21. The van der Waals surface area contributed by atoms with Gasteiger partial charge in [-0.15, -0.1) is 0 Å². The minimum absolute atomic E-state index is 0.0311. The number of carbonyl (C=O) groups is 1. The van der Waals surface area contributed by atoms with Crippen molar-refractivity contribution in [2.45, 2.75) is 26.6 Å². The summed E-state index contributed by atoms with van der Waals surface area (Å²) < 4.78 is 48.5. The number of allylic oxidation sites excluding steroid dienone is 2. The fourth-order valence-electron chi connectivity index (χ4n) is 3.19. The third-order valence-corrected chi connectivity index (χ3v) is 5.22. The van der Waals surface area contributed by atoms with Gasteiger partial charge in [0.15, 0.2) is 0 Å². The summed E-state index contributed by atoms with van der Waals surface area (Å²) in [7, 11) is 0. The van der Waals surface area contributed by atoms with Gasteiger partial charge in [-0.05, 0) is 35.1 Å². The van der Waals surface area contributed by atoms with Crippen molar-refractivity contribution >= 4 is 17.6 Å². The van der Waals surface area contributed by atoms with Crippen molar-refractivity contribution in [2.75, 3.05) is 0 Å². The van der Waals surface area contributed by atoms with Gasteiger partial charge >= 0.3 is 12.1 Å². The zero-order valence-corrected chi connectivity index (χ0v) is 15.5. The number of alkyl halides is 3. The number of furan rings is 1. The maximum Gasteiger partial charge on any atom is 0.426 e. The molecule has 1 aliphatic rings. The van der Waals surface area contributed by atoms with Crippen molar-refractivity contribution in [3.63, 3.8) is 0 Å². The van der Waals surface area contributed by atoms with E-state index in [9.17, 15) is 18.0 Å². The third kappa shape index (κ3) is 4.21. The molecule has 0 radical (unpaired) electrons. The van der Waals surface area contributed by atoms with E-state index >= 15 is 0 Å². The molecule has 0 amide bonds. The lowest BCUT2D eigenvalue weighted by Crippen LogP contribution is -2.11. The smallest absolute Gasteiger partial charge is 0.426 e. The van der Waals surface area contributed by atoms with Gasteiger partial charge in [-0.25, -0.2) is 0 Å². The SMILES string of the molecule is CC1(C)C(/C=C(\Cl)C(F)(F)F)C1C(=O)OCc1cccc(-c2ccco2)c1. The minimum Gasteiger partial charge on any atom is -0.464 e. The summed E-state index contributed by atoms with van der Waals surface area (Å²) in [6, 6.07) is 10.9. The van der Waals surface area contributed by atoms with Gasteiger partial charge in [0.25, 0.3) is 0 Å². The molecule has 144 valence electrons. The van der Waals surface area contributed by atoms with Crippen LogP contribution in [-0.4, -0.2) is 12.1 Å². The molecule has 27 heavy (non-hydrogen) atoms. The van der Waals surface area contributed by atoms with Gasteiger partial charge < -0.3 is 9.15 Å². The molecule has 2 unspecified atom stereocenters. The standard InChI is InChI=1S/C20H18ClF3O3/c1-19(2)14(10-16(21)20(22,23)24)17(19)18(25)27-11-12-5-3-6-13(9-12)15-7-4-8-26-15/h3-10,14,17H,11H2,1-2H3/b16-10-. The predicted octanol–water partition coefficient (Wildman–Crippen LogP) is 5.95. The molecule has 0 bridgehead atoms. The second-order valence-electron chi connectivity index (χ2n) is 7.12. The molecule has 2 aromatic rings. The largest absolute Gasteiger partial charge is 0.464 e. The van der Waals surface area contributed by atoms with Crippen molar-refractivity contribution in [1.82, 2.24) is 0 Å². The maximum absolute atomic E-state index is 12.6. The highest BCUT2D eigenvalue weighted by atomic mass is 35.5. The molecule has 0 saturated heterocycles. The van der Waals surface area contributed by atoms with E-state index in [1.807, 2.05) is 24.3 Å². The maximum atomic E-state index is 12.6. The van der Waals surface area contributed by atoms with Crippen LogP contribution in [0.1, 0.15) is 19.4 Å². The summed E-state index contributed by atoms with van der Waals surface area (Å²) in [6.45, 7) is 3.47. The lowest BCUT2D eigenvalue weighted by molar-refractivity contribution is -0.147. The van der Waals surface area contributed by atoms with Crippen LogP contribution in [0.4, 0.5) is 13.2 Å². The summed E-state index contributed by atoms with van der Waals surface area (Å²) in [6.07, 6.45) is -2.14. The first-order valence-corrected chi connectivity index (χ1v) is 8.72. The summed E-state index contributed by atoms with van der Waals surface area (Å²) in [5, 5.41) is -1.21. The Balaban J connectivity index is 1.64. The highest BCUT2D eigenvalue weighted by Crippen LogP contribution is 2.60. The van der Waals surface area contributed by atoms with Crippen LogP contribution in [-0.2, 0) is 16.1 Å². The fraction of sp³-hybridized carbons (Fsp3) is 0.350. The number of halogens is 4. The van der Waals surface area contributed by atoms with Gasteiger partial charge in [0.2, 0.25) is 0 Å². The van der Waals surface area contributed by atoms with E-state index < -0.39 is 34.4 Å². The second kappa shape index (κ2) is 7.08. The third-order valence-electron chi connectivity index (χ3n) is 4.88. The Morgan fingerprint density at radius 3 is 2.67 bits per heavy atom. The molecule has 0 aliphatic heterocycles. The lowest BCUT2D eigenvalue weighted by atomic mass is 10.1. The van der Waals surface area contributed by atoms with Crippen LogP contribution in [0.2, 0.25) is 0 Å². The molecule has 1 fully saturated rings. The van der Waals surface area contributed by atoms with E-state index in [0.29, 0.717) is 5.76 Å². The normalized spacial score (nSPS) is 21.8. The van der Waals surface area contributed by atoms with E-state index in [4.69, 9.17) is 20.8 Å². The van der Waals surface area contributed by atoms with Gasteiger partial charge in [-0.3, -0.25) is 4.79 Å². The Bertz CT molecular complexity index is 854. The van der Waals surface area contributed by atoms with Crippen LogP contribution in [0.15, 0.2) is 58.2 Å². The molecule has 1 aromatic heterocycles. The van der Waals surface area contributed by atoms with Gasteiger partial charge in [-0.2, -0.15) is 13.2 Å². The van der Waals surface area contributed by atoms with Crippen molar-refractivity contribution in [3.05, 3.63) is 59.3 Å². The summed E-state index contributed by atoms with van der Waals surface area (Å²) >= 11 is 5.30. The number of esters is 1. The van der Waals surface area contributed by atoms with Gasteiger partial charge in [0.05, 0.1) is 12.2 Å². The molecule has 2 atom stereocenters. The number of hydrogen-bond donors (Lipinski definition) is 0. The summed E-state index contributed by atoms with van der Waals surface area (Å²) in [4.78, 5) is 12.4. The number of benzene rings is 1. The van der Waals surface area contributed by atoms with Crippen molar-refractivity contribution in [2.24, 2.45) is 17.3 Å². The Morgan fingerprint density at radius 1 is 1.30 bits per heavy atom. The van der Waals surface area contributed by atoms with E-state index in [1.165, 1.54) is 0 Å². The average Bonchev–Trinajstić information content (AvgIpc) is 2.97. The van der Waals surface area contributed by atoms with E-state index in [1.54, 1.807) is 32.2 Å². The Labute approximate surface area is 159 Å². The van der Waals surface area contributed by atoms with Crippen molar-refractivity contribution < 1.29 is 27.1 Å². The van der Waals surface area contributed by atoms with Crippen molar-refractivity contribution in [1.29, 1.82) is 0 Å². The second-order valence-corrected chi connectivity index (χ2v) is 7.53. The van der Waals surface area contributed by atoms with Crippen molar-refractivity contribution in [3.8, 4) is 11.3 Å². The molecule has 1 aliphatic carbocycles. The molecule has 0 spiro atoms. The van der Waals surface area contributed by atoms with E-state index in [0.717, 1.165) is 17.2 Å². The lowest BCUT2D eigenvalue weighted by Gasteiger charge is -2.07. The van der Waals surface area contributed by atoms with Gasteiger partial charge in [0.1, 0.15) is 17.4 Å². The topological polar surface area (TPSA) is 39.4 Å². The highest BCUT2D eigenvalue weighted by Gasteiger charge is 2.62. The molecule has 1 saturated carbocycles. The van der Waals surface area contributed by atoms with Gasteiger partial charge in [-0.1, -0.05) is 49.7 Å². The Morgan fingerprint density at radius 2 is 2.04 bits per heavy atom. The summed E-state index contributed by atoms with van der Waals surface area (Å²) in [5.41, 5.74) is 0.979. The average molecular weight is 399 g/mol. The molecular weight excluding hydrogens is 381 g/mol. The first-order chi connectivity index (χ1) is 12.6. The van der Waals surface area contributed by atoms with Crippen LogP contribution < -0.4 is 0 Å². The van der Waals surface area contributed by atoms with Crippen LogP contribution in [0, 0.1) is 17.3 Å². The Kier molecular flexibility index (Phi) is 5.12. The highest BCUT2D eigenvalue weighted by molar-refractivity contribution is 6.30. The quantitative estimate of drug-likeness (QED) is 0.584. The van der Waals surface area contributed by atoms with Crippen LogP contribution in [0.5, 0.6) is 0 Å². The molecule has 1 heterocycles.